The van der Waals surface area contributed by atoms with Crippen LogP contribution in [0.4, 0.5) is 0 Å². The molecular weight excluding hydrogens is 262 g/mol. The van der Waals surface area contributed by atoms with E-state index in [0.717, 1.165) is 54.9 Å². The molecule has 1 aliphatic rings. The Hall–Kier alpha value is -1.78. The quantitative estimate of drug-likeness (QED) is 0.936. The van der Waals surface area contributed by atoms with Crippen molar-refractivity contribution in [2.24, 2.45) is 0 Å². The average molecular weight is 283 g/mol. The van der Waals surface area contributed by atoms with Crippen molar-refractivity contribution >= 4 is 17.1 Å². The number of para-hydroxylation sites is 2. The fraction of sp³-hybridized carbons (Fsp3) is 0.412. The zero-order valence-electron chi connectivity index (χ0n) is 12.4. The van der Waals surface area contributed by atoms with E-state index in [2.05, 4.69) is 27.0 Å². The lowest BCUT2D eigenvalue weighted by molar-refractivity contribution is 0.177. The molecule has 1 atom stereocenters. The molecule has 0 radical (unpaired) electrons. The van der Waals surface area contributed by atoms with Crippen LogP contribution in [0.2, 0.25) is 0 Å². The van der Waals surface area contributed by atoms with Gasteiger partial charge in [0.1, 0.15) is 0 Å². The molecule has 0 bridgehead atoms. The average Bonchev–Trinajstić information content (AvgIpc) is 2.89. The maximum Gasteiger partial charge on any atom is 0.0894 e. The third-order valence-corrected chi connectivity index (χ3v) is 3.92. The van der Waals surface area contributed by atoms with Gasteiger partial charge in [0, 0.05) is 19.6 Å². The van der Waals surface area contributed by atoms with Gasteiger partial charge in [0.2, 0.25) is 0 Å². The first-order chi connectivity index (χ1) is 10.2. The summed E-state index contributed by atoms with van der Waals surface area (Å²) in [5, 5.41) is 9.49. The molecule has 110 valence electrons. The predicted octanol–water partition coefficient (Wildman–Crippen LogP) is 2.41. The maximum absolute atomic E-state index is 9.49. The van der Waals surface area contributed by atoms with Crippen LogP contribution in [-0.4, -0.2) is 45.7 Å². The molecule has 3 rings (SSSR count). The van der Waals surface area contributed by atoms with E-state index in [1.165, 1.54) is 0 Å². The first-order valence-corrected chi connectivity index (χ1v) is 7.53. The summed E-state index contributed by atoms with van der Waals surface area (Å²) in [5.74, 6) is 0. The predicted molar refractivity (Wildman–Crippen MR) is 85.0 cm³/mol. The summed E-state index contributed by atoms with van der Waals surface area (Å²) in [4.78, 5) is 11.5. The number of fused-ring (bicyclic) bond motifs is 1. The molecule has 2 aromatic rings. The van der Waals surface area contributed by atoms with Crippen molar-refractivity contribution < 1.29 is 5.11 Å². The van der Waals surface area contributed by atoms with Crippen LogP contribution >= 0.6 is 0 Å². The SMILES string of the molecule is Cc1nc2ccccc2nc1C=CCCN1CCC(O)C1. The van der Waals surface area contributed by atoms with Gasteiger partial charge in [-0.3, -0.25) is 0 Å². The Morgan fingerprint density at radius 3 is 2.76 bits per heavy atom. The van der Waals surface area contributed by atoms with Crippen molar-refractivity contribution in [1.29, 1.82) is 0 Å². The number of β-amino-alcohol motifs (C(OH)–C–C–N with tert-alkyl or cyclic N) is 1. The molecule has 1 saturated heterocycles. The second kappa shape index (κ2) is 6.33. The van der Waals surface area contributed by atoms with E-state index in [1.54, 1.807) is 0 Å². The highest BCUT2D eigenvalue weighted by Crippen LogP contribution is 2.14. The molecule has 1 aliphatic heterocycles. The van der Waals surface area contributed by atoms with Gasteiger partial charge >= 0.3 is 0 Å². The van der Waals surface area contributed by atoms with Gasteiger partial charge in [0.15, 0.2) is 0 Å². The lowest BCUT2D eigenvalue weighted by Gasteiger charge is -2.12. The number of aryl methyl sites for hydroxylation is 1. The largest absolute Gasteiger partial charge is 0.392 e. The minimum absolute atomic E-state index is 0.137. The summed E-state index contributed by atoms with van der Waals surface area (Å²) < 4.78 is 0. The fourth-order valence-corrected chi connectivity index (χ4v) is 2.73. The van der Waals surface area contributed by atoms with E-state index in [9.17, 15) is 5.11 Å². The molecule has 0 aliphatic carbocycles. The van der Waals surface area contributed by atoms with Gasteiger partial charge in [0.25, 0.3) is 0 Å². The number of aliphatic hydroxyl groups excluding tert-OH is 1. The van der Waals surface area contributed by atoms with Gasteiger partial charge < -0.3 is 10.0 Å². The van der Waals surface area contributed by atoms with Crippen LogP contribution in [0.3, 0.4) is 0 Å². The standard InChI is InChI=1S/C17H21N3O/c1-13-15(19-17-8-3-2-7-16(17)18-13)6-4-5-10-20-11-9-14(21)12-20/h2-4,6-8,14,21H,5,9-12H2,1H3. The Balaban J connectivity index is 1.64. The number of hydrogen-bond donors (Lipinski definition) is 1. The molecule has 2 heterocycles. The molecule has 4 nitrogen and oxygen atoms in total. The van der Waals surface area contributed by atoms with Gasteiger partial charge in [-0.25, -0.2) is 9.97 Å². The topological polar surface area (TPSA) is 49.2 Å². The number of aromatic nitrogens is 2. The first-order valence-electron chi connectivity index (χ1n) is 7.53. The number of likely N-dealkylation sites (tertiary alicyclic amines) is 1. The number of hydrogen-bond acceptors (Lipinski definition) is 4. The zero-order valence-corrected chi connectivity index (χ0v) is 12.4. The van der Waals surface area contributed by atoms with Crippen molar-refractivity contribution in [3.05, 3.63) is 41.7 Å². The van der Waals surface area contributed by atoms with Crippen LogP contribution < -0.4 is 0 Å². The number of nitrogens with zero attached hydrogens (tertiary/aromatic N) is 3. The molecule has 1 unspecified atom stereocenters. The summed E-state index contributed by atoms with van der Waals surface area (Å²) in [5.41, 5.74) is 3.78. The van der Waals surface area contributed by atoms with Gasteiger partial charge in [-0.05, 0) is 38.0 Å². The van der Waals surface area contributed by atoms with Crippen LogP contribution in [0.25, 0.3) is 17.1 Å². The molecule has 0 amide bonds. The van der Waals surface area contributed by atoms with E-state index >= 15 is 0 Å². The minimum atomic E-state index is -0.137. The number of benzene rings is 1. The highest BCUT2D eigenvalue weighted by molar-refractivity contribution is 5.75. The van der Waals surface area contributed by atoms with Crippen LogP contribution in [0, 0.1) is 6.92 Å². The maximum atomic E-state index is 9.49. The zero-order chi connectivity index (χ0) is 14.7. The van der Waals surface area contributed by atoms with Gasteiger partial charge in [-0.15, -0.1) is 0 Å². The van der Waals surface area contributed by atoms with Crippen LogP contribution in [0.15, 0.2) is 30.3 Å². The number of rotatable bonds is 4. The smallest absolute Gasteiger partial charge is 0.0894 e. The number of aliphatic hydroxyl groups is 1. The third kappa shape index (κ3) is 3.46. The van der Waals surface area contributed by atoms with E-state index in [1.807, 2.05) is 31.2 Å². The summed E-state index contributed by atoms with van der Waals surface area (Å²) in [7, 11) is 0. The monoisotopic (exact) mass is 283 g/mol. The molecule has 1 aromatic heterocycles. The molecule has 1 N–H and O–H groups in total. The van der Waals surface area contributed by atoms with Crippen LogP contribution in [0.5, 0.6) is 0 Å². The Kier molecular flexibility index (Phi) is 4.27. The second-order valence-electron chi connectivity index (χ2n) is 5.62. The van der Waals surface area contributed by atoms with Gasteiger partial charge in [0.05, 0.1) is 28.5 Å². The van der Waals surface area contributed by atoms with Crippen molar-refractivity contribution in [1.82, 2.24) is 14.9 Å². The van der Waals surface area contributed by atoms with Crippen LogP contribution in [-0.2, 0) is 0 Å². The molecule has 21 heavy (non-hydrogen) atoms. The Morgan fingerprint density at radius 2 is 2.05 bits per heavy atom. The molecular formula is C17H21N3O. The highest BCUT2D eigenvalue weighted by Gasteiger charge is 2.18. The van der Waals surface area contributed by atoms with Crippen molar-refractivity contribution in [3.63, 3.8) is 0 Å². The lowest BCUT2D eigenvalue weighted by Crippen LogP contribution is -2.22. The van der Waals surface area contributed by atoms with E-state index in [0.29, 0.717) is 0 Å². The first kappa shape index (κ1) is 14.2. The van der Waals surface area contributed by atoms with Crippen LogP contribution in [0.1, 0.15) is 24.2 Å². The second-order valence-corrected chi connectivity index (χ2v) is 5.62. The molecule has 0 saturated carbocycles. The summed E-state index contributed by atoms with van der Waals surface area (Å²) in [6.07, 6.45) is 5.94. The minimum Gasteiger partial charge on any atom is -0.392 e. The van der Waals surface area contributed by atoms with E-state index < -0.39 is 0 Å². The van der Waals surface area contributed by atoms with E-state index in [4.69, 9.17) is 0 Å². The van der Waals surface area contributed by atoms with Gasteiger partial charge in [-0.1, -0.05) is 18.2 Å². The Labute approximate surface area is 125 Å². The Morgan fingerprint density at radius 1 is 1.29 bits per heavy atom. The molecule has 4 heteroatoms. The van der Waals surface area contributed by atoms with E-state index in [-0.39, 0.29) is 6.10 Å². The third-order valence-electron chi connectivity index (χ3n) is 3.92. The fourth-order valence-electron chi connectivity index (χ4n) is 2.73. The highest BCUT2D eigenvalue weighted by atomic mass is 16.3. The summed E-state index contributed by atoms with van der Waals surface area (Å²) in [6, 6.07) is 7.95. The summed E-state index contributed by atoms with van der Waals surface area (Å²) >= 11 is 0. The summed E-state index contributed by atoms with van der Waals surface area (Å²) in [6.45, 7) is 4.80. The molecule has 1 aromatic carbocycles. The lowest BCUT2D eigenvalue weighted by atomic mass is 10.2. The normalized spacial score (nSPS) is 19.8. The molecule has 0 spiro atoms. The Bertz CT molecular complexity index is 654. The molecule has 1 fully saturated rings. The van der Waals surface area contributed by atoms with Crippen molar-refractivity contribution in [2.75, 3.05) is 19.6 Å². The van der Waals surface area contributed by atoms with Gasteiger partial charge in [-0.2, -0.15) is 0 Å². The van der Waals surface area contributed by atoms with Crippen molar-refractivity contribution in [2.45, 2.75) is 25.9 Å². The van der Waals surface area contributed by atoms with Crippen molar-refractivity contribution in [3.8, 4) is 0 Å².